The number of hydrogen-bond donors (Lipinski definition) is 0. The van der Waals surface area contributed by atoms with Crippen LogP contribution in [0.4, 0.5) is 0 Å². The van der Waals surface area contributed by atoms with Gasteiger partial charge in [0.15, 0.2) is 0 Å². The average molecular weight is 302 g/mol. The summed E-state index contributed by atoms with van der Waals surface area (Å²) in [7, 11) is 2.29. The van der Waals surface area contributed by atoms with Gasteiger partial charge in [0.2, 0.25) is 0 Å². The van der Waals surface area contributed by atoms with Crippen LogP contribution in [0.1, 0.15) is 62.3 Å². The third-order valence-corrected chi connectivity index (χ3v) is 18.4. The highest BCUT2D eigenvalue weighted by Crippen LogP contribution is 3.06. The maximum atomic E-state index is 2.47. The summed E-state index contributed by atoms with van der Waals surface area (Å²) in [5.41, 5.74) is 1.47. The molecule has 2 unspecified atom stereocenters. The lowest BCUT2D eigenvalue weighted by Gasteiger charge is -2.31. The molecule has 2 aliphatic rings. The van der Waals surface area contributed by atoms with Gasteiger partial charge in [-0.1, -0.05) is 78.1 Å². The Hall–Kier alpha value is 1.03. The summed E-state index contributed by atoms with van der Waals surface area (Å²) in [6.45, 7) is 22.1. The fraction of sp³-hybridized carbons (Fsp3) is 0.933. The van der Waals surface area contributed by atoms with Gasteiger partial charge in [0.1, 0.15) is 0 Å². The van der Waals surface area contributed by atoms with E-state index in [2.05, 4.69) is 62.3 Å². The van der Waals surface area contributed by atoms with E-state index >= 15 is 0 Å². The van der Waals surface area contributed by atoms with E-state index < -0.39 is 0 Å². The third kappa shape index (κ3) is 2.60. The molecule has 0 nitrogen and oxygen atoms in total. The molecule has 2 aliphatic heterocycles. The maximum absolute atomic E-state index is 2.47. The molecule has 0 N–H and O–H groups in total. The van der Waals surface area contributed by atoms with Crippen molar-refractivity contribution in [1.29, 1.82) is 0 Å². The van der Waals surface area contributed by atoms with E-state index in [4.69, 9.17) is 0 Å². The second kappa shape index (κ2) is 4.26. The Morgan fingerprint density at radius 3 is 1.67 bits per heavy atom. The second-order valence-corrected chi connectivity index (χ2v) is 17.4. The van der Waals surface area contributed by atoms with Crippen LogP contribution in [0.25, 0.3) is 0 Å². The van der Waals surface area contributed by atoms with Gasteiger partial charge in [-0.05, 0) is 28.9 Å². The van der Waals surface area contributed by atoms with Crippen molar-refractivity contribution in [3.05, 3.63) is 0 Å². The van der Waals surface area contributed by atoms with Crippen molar-refractivity contribution in [1.82, 2.24) is 0 Å². The first-order valence-corrected chi connectivity index (χ1v) is 11.6. The molecule has 18 heavy (non-hydrogen) atoms. The molecular formula is C15H29P3. The van der Waals surface area contributed by atoms with Gasteiger partial charge in [0.25, 0.3) is 0 Å². The summed E-state index contributed by atoms with van der Waals surface area (Å²) in [5.74, 6) is 0. The topological polar surface area (TPSA) is 0 Å². The predicted molar refractivity (Wildman–Crippen MR) is 91.7 cm³/mol. The molecule has 0 aromatic rings. The molecule has 0 aromatic heterocycles. The molecule has 4 atom stereocenters. The average Bonchev–Trinajstić information content (AvgIpc) is 2.65. The second-order valence-electron chi connectivity index (χ2n) is 8.91. The molecule has 0 spiro atoms. The van der Waals surface area contributed by atoms with Crippen LogP contribution in [0.15, 0.2) is 0 Å². The van der Waals surface area contributed by atoms with Gasteiger partial charge in [-0.15, -0.1) is 0 Å². The van der Waals surface area contributed by atoms with Crippen LogP contribution in [0, 0.1) is 16.2 Å². The number of fused-ring (bicyclic) bond motifs is 1. The molecule has 104 valence electrons. The van der Waals surface area contributed by atoms with Crippen molar-refractivity contribution in [2.24, 2.45) is 16.2 Å². The van der Waals surface area contributed by atoms with Crippen molar-refractivity contribution in [2.75, 3.05) is 0 Å². The van der Waals surface area contributed by atoms with Crippen molar-refractivity contribution >= 4 is 28.5 Å². The lowest BCUT2D eigenvalue weighted by atomic mass is 9.99. The quantitative estimate of drug-likeness (QED) is 0.434. The molecule has 3 heteroatoms. The first-order chi connectivity index (χ1) is 7.85. The highest BCUT2D eigenvalue weighted by atomic mass is 32.1. The monoisotopic (exact) mass is 302 g/mol. The standard InChI is InChI=1S/C15H29P3/c1-13(2,3)10-16-11(14(4,5)6)18-12(17(10)18)15(7,8)9/h10,12H,1-9H3/t10-,12-,17?,18?/m0/s1. The zero-order chi connectivity index (χ0) is 14.1. The molecule has 1 saturated heterocycles. The third-order valence-electron chi connectivity index (χ3n) is 3.61. The Labute approximate surface area is 118 Å². The van der Waals surface area contributed by atoms with Crippen molar-refractivity contribution in [3.63, 3.8) is 0 Å². The smallest absolute Gasteiger partial charge is 0.0310 e. The van der Waals surface area contributed by atoms with E-state index in [1.807, 2.05) is 5.03 Å². The van der Waals surface area contributed by atoms with E-state index in [-0.39, 0.29) is 7.61 Å². The van der Waals surface area contributed by atoms with Gasteiger partial charge in [-0.25, -0.2) is 0 Å². The molecular weight excluding hydrogens is 273 g/mol. The van der Waals surface area contributed by atoms with E-state index in [0.29, 0.717) is 23.9 Å². The van der Waals surface area contributed by atoms with E-state index in [1.165, 1.54) is 0 Å². The van der Waals surface area contributed by atoms with Crippen LogP contribution in [-0.2, 0) is 0 Å². The van der Waals surface area contributed by atoms with Crippen LogP contribution >= 0.6 is 23.4 Å². The maximum Gasteiger partial charge on any atom is 0.0310 e. The summed E-state index contributed by atoms with van der Waals surface area (Å²) in [5, 5.41) is 3.96. The summed E-state index contributed by atoms with van der Waals surface area (Å²) < 4.78 is 0. The van der Waals surface area contributed by atoms with Crippen molar-refractivity contribution in [3.8, 4) is 0 Å². The minimum absolute atomic E-state index is 0.264. The van der Waals surface area contributed by atoms with Gasteiger partial charge in [-0.3, -0.25) is 0 Å². The zero-order valence-corrected chi connectivity index (χ0v) is 16.2. The molecule has 0 saturated carbocycles. The lowest BCUT2D eigenvalue weighted by Crippen LogP contribution is -2.23. The largest absolute Gasteiger partial charge is 0.0904 e. The Balaban J connectivity index is 2.35. The summed E-state index contributed by atoms with van der Waals surface area (Å²) in [4.78, 5) is 0. The molecule has 0 aliphatic carbocycles. The van der Waals surface area contributed by atoms with E-state index in [0.717, 1.165) is 10.8 Å². The fourth-order valence-electron chi connectivity index (χ4n) is 2.79. The van der Waals surface area contributed by atoms with Crippen LogP contribution in [-0.4, -0.2) is 15.8 Å². The highest BCUT2D eigenvalue weighted by Gasteiger charge is 2.65. The van der Waals surface area contributed by atoms with Gasteiger partial charge >= 0.3 is 0 Å². The minimum atomic E-state index is 0.264. The van der Waals surface area contributed by atoms with Crippen LogP contribution in [0.5, 0.6) is 0 Å². The molecule has 2 rings (SSSR count). The Morgan fingerprint density at radius 1 is 0.833 bits per heavy atom. The SMILES string of the molecule is CC(C)(C)C1=P[C@H](C(C)(C)C)P2[C@H](C(C)(C)C)P12. The van der Waals surface area contributed by atoms with Gasteiger partial charge in [-0.2, -0.15) is 0 Å². The fourth-order valence-corrected chi connectivity index (χ4v) is 22.5. The molecule has 0 bridgehead atoms. The van der Waals surface area contributed by atoms with Crippen LogP contribution in [0.2, 0.25) is 0 Å². The lowest BCUT2D eigenvalue weighted by molar-refractivity contribution is 0.442. The first-order valence-electron chi connectivity index (χ1n) is 7.01. The van der Waals surface area contributed by atoms with Crippen LogP contribution < -0.4 is 0 Å². The minimum Gasteiger partial charge on any atom is -0.0904 e. The van der Waals surface area contributed by atoms with Crippen molar-refractivity contribution < 1.29 is 0 Å². The zero-order valence-electron chi connectivity index (χ0n) is 13.5. The Morgan fingerprint density at radius 2 is 1.33 bits per heavy atom. The van der Waals surface area contributed by atoms with Gasteiger partial charge in [0, 0.05) is 10.8 Å². The molecule has 0 amide bonds. The normalized spacial score (nSPS) is 37.3. The Kier molecular flexibility index (Phi) is 3.65. The molecule has 2 heterocycles. The van der Waals surface area contributed by atoms with Gasteiger partial charge in [0.05, 0.1) is 0 Å². The Bertz CT molecular complexity index is 376. The van der Waals surface area contributed by atoms with Crippen LogP contribution in [0.3, 0.4) is 0 Å². The summed E-state index contributed by atoms with van der Waals surface area (Å²) >= 11 is 0. The first kappa shape index (κ1) is 15.4. The number of hydrogen-bond acceptors (Lipinski definition) is 0. The van der Waals surface area contributed by atoms with E-state index in [1.54, 1.807) is 8.20 Å². The highest BCUT2D eigenvalue weighted by molar-refractivity contribution is 8.57. The predicted octanol–water partition coefficient (Wildman–Crippen LogP) is 6.76. The number of rotatable bonds is 0. The van der Waals surface area contributed by atoms with E-state index in [9.17, 15) is 0 Å². The van der Waals surface area contributed by atoms with Crippen molar-refractivity contribution in [2.45, 2.75) is 73.1 Å². The molecule has 1 fully saturated rings. The molecule has 0 aromatic carbocycles. The summed E-state index contributed by atoms with van der Waals surface area (Å²) in [6, 6.07) is 0. The van der Waals surface area contributed by atoms with Gasteiger partial charge < -0.3 is 0 Å². The summed E-state index contributed by atoms with van der Waals surface area (Å²) in [6.07, 6.45) is 0. The molecule has 0 radical (unpaired) electrons.